The number of sulfonamides is 1. The first kappa shape index (κ1) is 21.7. The number of carbonyl (C=O) groups is 1. The standard InChI is InChI=1S/C20H26N2O5S/c1-5-6-14-22(2)28(24,25)16-12-10-15(11-13-16)21-20(23)17-8-7-9-18(26-3)19(17)27-4/h7-13H,5-6,14H2,1-4H3,(H,21,23). The summed E-state index contributed by atoms with van der Waals surface area (Å²) in [4.78, 5) is 12.8. The molecule has 2 rings (SSSR count). The average Bonchev–Trinajstić information content (AvgIpc) is 2.71. The molecule has 0 saturated carbocycles. The van der Waals surface area contributed by atoms with Crippen LogP contribution in [0.2, 0.25) is 0 Å². The highest BCUT2D eigenvalue weighted by Gasteiger charge is 2.21. The Kier molecular flexibility index (Phi) is 7.42. The number of benzene rings is 2. The van der Waals surface area contributed by atoms with Crippen LogP contribution in [0.3, 0.4) is 0 Å². The molecular formula is C20H26N2O5S. The van der Waals surface area contributed by atoms with Crippen molar-refractivity contribution in [1.82, 2.24) is 4.31 Å². The van der Waals surface area contributed by atoms with Gasteiger partial charge in [0.2, 0.25) is 10.0 Å². The Morgan fingerprint density at radius 2 is 1.75 bits per heavy atom. The van der Waals surface area contributed by atoms with Crippen LogP contribution in [-0.2, 0) is 10.0 Å². The minimum absolute atomic E-state index is 0.183. The second-order valence-corrected chi connectivity index (χ2v) is 8.24. The largest absolute Gasteiger partial charge is 0.493 e. The predicted octanol–water partition coefficient (Wildman–Crippen LogP) is 3.38. The molecule has 152 valence electrons. The van der Waals surface area contributed by atoms with Crippen molar-refractivity contribution in [2.75, 3.05) is 33.1 Å². The van der Waals surface area contributed by atoms with Crippen molar-refractivity contribution in [1.29, 1.82) is 0 Å². The van der Waals surface area contributed by atoms with Gasteiger partial charge in [0.05, 0.1) is 24.7 Å². The maximum absolute atomic E-state index is 12.6. The molecule has 0 spiro atoms. The van der Waals surface area contributed by atoms with E-state index < -0.39 is 10.0 Å². The molecule has 1 N–H and O–H groups in total. The number of unbranched alkanes of at least 4 members (excludes halogenated alkanes) is 1. The summed E-state index contributed by atoms with van der Waals surface area (Å²) in [6.07, 6.45) is 1.71. The first-order valence-corrected chi connectivity index (χ1v) is 10.4. The van der Waals surface area contributed by atoms with Gasteiger partial charge in [0.1, 0.15) is 0 Å². The lowest BCUT2D eigenvalue weighted by atomic mass is 10.1. The fourth-order valence-corrected chi connectivity index (χ4v) is 3.86. The molecule has 7 nitrogen and oxygen atoms in total. The van der Waals surface area contributed by atoms with Crippen molar-refractivity contribution in [3.05, 3.63) is 48.0 Å². The molecule has 0 aliphatic rings. The molecule has 0 unspecified atom stereocenters. The minimum atomic E-state index is -3.54. The van der Waals surface area contributed by atoms with Gasteiger partial charge in [-0.1, -0.05) is 19.4 Å². The van der Waals surface area contributed by atoms with Crippen molar-refractivity contribution in [3.8, 4) is 11.5 Å². The first-order chi connectivity index (χ1) is 13.3. The zero-order valence-corrected chi connectivity index (χ0v) is 17.4. The van der Waals surface area contributed by atoms with Crippen LogP contribution < -0.4 is 14.8 Å². The number of ether oxygens (including phenoxy) is 2. The molecule has 0 aliphatic heterocycles. The van der Waals surface area contributed by atoms with E-state index in [1.165, 1.54) is 30.7 Å². The molecule has 0 saturated heterocycles. The Balaban J connectivity index is 2.18. The summed E-state index contributed by atoms with van der Waals surface area (Å²) in [5.74, 6) is 0.400. The average molecular weight is 407 g/mol. The molecular weight excluding hydrogens is 380 g/mol. The summed E-state index contributed by atoms with van der Waals surface area (Å²) in [5.41, 5.74) is 0.794. The number of nitrogens with one attached hydrogen (secondary N) is 1. The lowest BCUT2D eigenvalue weighted by Gasteiger charge is -2.17. The third-order valence-corrected chi connectivity index (χ3v) is 6.17. The normalized spacial score (nSPS) is 11.3. The fourth-order valence-electron chi connectivity index (χ4n) is 2.66. The number of amides is 1. The Labute approximate surface area is 166 Å². The molecule has 0 aliphatic carbocycles. The molecule has 2 aromatic carbocycles. The van der Waals surface area contributed by atoms with Gasteiger partial charge in [-0.15, -0.1) is 0 Å². The van der Waals surface area contributed by atoms with E-state index in [9.17, 15) is 13.2 Å². The number of carbonyl (C=O) groups excluding carboxylic acids is 1. The van der Waals surface area contributed by atoms with Gasteiger partial charge in [-0.2, -0.15) is 0 Å². The van der Waals surface area contributed by atoms with Crippen molar-refractivity contribution in [3.63, 3.8) is 0 Å². The summed E-state index contributed by atoms with van der Waals surface area (Å²) in [5, 5.41) is 2.74. The van der Waals surface area contributed by atoms with Gasteiger partial charge in [0, 0.05) is 19.3 Å². The summed E-state index contributed by atoms with van der Waals surface area (Å²) >= 11 is 0. The molecule has 1 amide bonds. The fraction of sp³-hybridized carbons (Fsp3) is 0.350. The van der Waals surface area contributed by atoms with Gasteiger partial charge in [0.25, 0.3) is 5.91 Å². The number of rotatable bonds is 9. The van der Waals surface area contributed by atoms with E-state index in [1.54, 1.807) is 37.4 Å². The SMILES string of the molecule is CCCCN(C)S(=O)(=O)c1ccc(NC(=O)c2cccc(OC)c2OC)cc1. The van der Waals surface area contributed by atoms with Crippen molar-refractivity contribution in [2.24, 2.45) is 0 Å². The van der Waals surface area contributed by atoms with E-state index in [2.05, 4.69) is 5.32 Å². The number of para-hydroxylation sites is 1. The van der Waals surface area contributed by atoms with Gasteiger partial charge in [0.15, 0.2) is 11.5 Å². The number of hydrogen-bond donors (Lipinski definition) is 1. The highest BCUT2D eigenvalue weighted by molar-refractivity contribution is 7.89. The topological polar surface area (TPSA) is 84.9 Å². The van der Waals surface area contributed by atoms with Crippen LogP contribution >= 0.6 is 0 Å². The summed E-state index contributed by atoms with van der Waals surface area (Å²) in [6, 6.07) is 11.1. The quantitative estimate of drug-likeness (QED) is 0.690. The maximum atomic E-state index is 12.6. The third kappa shape index (κ3) is 4.82. The number of hydrogen-bond acceptors (Lipinski definition) is 5. The molecule has 0 aromatic heterocycles. The van der Waals surface area contributed by atoms with E-state index in [0.29, 0.717) is 29.3 Å². The Hall–Kier alpha value is -2.58. The van der Waals surface area contributed by atoms with Crippen LogP contribution in [0.25, 0.3) is 0 Å². The molecule has 0 heterocycles. The van der Waals surface area contributed by atoms with Crippen LogP contribution in [0.1, 0.15) is 30.1 Å². The second-order valence-electron chi connectivity index (χ2n) is 6.20. The van der Waals surface area contributed by atoms with Crippen LogP contribution in [0.5, 0.6) is 11.5 Å². The van der Waals surface area contributed by atoms with Crippen molar-refractivity contribution < 1.29 is 22.7 Å². The lowest BCUT2D eigenvalue weighted by molar-refractivity contribution is 0.102. The third-order valence-electron chi connectivity index (χ3n) is 4.29. The molecule has 8 heteroatoms. The molecule has 28 heavy (non-hydrogen) atoms. The van der Waals surface area contributed by atoms with E-state index in [4.69, 9.17) is 9.47 Å². The highest BCUT2D eigenvalue weighted by atomic mass is 32.2. The Morgan fingerprint density at radius 1 is 1.07 bits per heavy atom. The van der Waals surface area contributed by atoms with Crippen molar-refractivity contribution >= 4 is 21.6 Å². The van der Waals surface area contributed by atoms with Gasteiger partial charge in [-0.3, -0.25) is 4.79 Å². The monoisotopic (exact) mass is 406 g/mol. The second kappa shape index (κ2) is 9.57. The van der Waals surface area contributed by atoms with Crippen LogP contribution in [-0.4, -0.2) is 46.4 Å². The number of methoxy groups -OCH3 is 2. The zero-order valence-electron chi connectivity index (χ0n) is 16.6. The number of nitrogens with zero attached hydrogens (tertiary/aromatic N) is 1. The Morgan fingerprint density at radius 3 is 2.32 bits per heavy atom. The summed E-state index contributed by atoms with van der Waals surface area (Å²) in [7, 11) is 0.979. The maximum Gasteiger partial charge on any atom is 0.259 e. The number of anilines is 1. The molecule has 0 radical (unpaired) electrons. The molecule has 2 aromatic rings. The van der Waals surface area contributed by atoms with E-state index in [1.807, 2.05) is 6.92 Å². The zero-order chi connectivity index (χ0) is 20.7. The van der Waals surface area contributed by atoms with E-state index in [-0.39, 0.29) is 10.8 Å². The first-order valence-electron chi connectivity index (χ1n) is 8.93. The Bertz CT molecular complexity index is 911. The van der Waals surface area contributed by atoms with Crippen LogP contribution in [0.15, 0.2) is 47.4 Å². The van der Waals surface area contributed by atoms with Gasteiger partial charge in [-0.05, 0) is 42.8 Å². The molecule has 0 bridgehead atoms. The smallest absolute Gasteiger partial charge is 0.259 e. The molecule has 0 atom stereocenters. The van der Waals surface area contributed by atoms with Gasteiger partial charge in [-0.25, -0.2) is 12.7 Å². The highest BCUT2D eigenvalue weighted by Crippen LogP contribution is 2.31. The minimum Gasteiger partial charge on any atom is -0.493 e. The van der Waals surface area contributed by atoms with Crippen LogP contribution in [0, 0.1) is 0 Å². The van der Waals surface area contributed by atoms with Crippen molar-refractivity contribution in [2.45, 2.75) is 24.7 Å². The summed E-state index contributed by atoms with van der Waals surface area (Å²) in [6.45, 7) is 2.47. The molecule has 0 fully saturated rings. The lowest BCUT2D eigenvalue weighted by Crippen LogP contribution is -2.27. The summed E-state index contributed by atoms with van der Waals surface area (Å²) < 4.78 is 36.9. The van der Waals surface area contributed by atoms with Gasteiger partial charge >= 0.3 is 0 Å². The van der Waals surface area contributed by atoms with E-state index in [0.717, 1.165) is 12.8 Å². The predicted molar refractivity (Wildman–Crippen MR) is 109 cm³/mol. The van der Waals surface area contributed by atoms with Gasteiger partial charge < -0.3 is 14.8 Å². The van der Waals surface area contributed by atoms with E-state index >= 15 is 0 Å². The van der Waals surface area contributed by atoms with Crippen LogP contribution in [0.4, 0.5) is 5.69 Å².